The molecule has 2 amide bonds. The highest BCUT2D eigenvalue weighted by atomic mass is 35.5. The van der Waals surface area contributed by atoms with Gasteiger partial charge in [-0.1, -0.05) is 49.2 Å². The minimum Gasteiger partial charge on any atom is -0.483 e. The summed E-state index contributed by atoms with van der Waals surface area (Å²) in [5.74, 6) is -0.144. The Kier molecular flexibility index (Phi) is 6.89. The first-order valence-electron chi connectivity index (χ1n) is 8.05. The summed E-state index contributed by atoms with van der Waals surface area (Å²) in [5, 5.41) is 0.605. The van der Waals surface area contributed by atoms with Crippen molar-refractivity contribution in [1.29, 1.82) is 0 Å². The number of benzene rings is 2. The molecule has 26 heavy (non-hydrogen) atoms. The molecular weight excluding hydrogens is 375 g/mol. The van der Waals surface area contributed by atoms with E-state index in [0.29, 0.717) is 10.8 Å². The fraction of sp³-hybridized carbons (Fsp3) is 0.263. The van der Waals surface area contributed by atoms with Gasteiger partial charge in [0, 0.05) is 5.02 Å². The van der Waals surface area contributed by atoms with Gasteiger partial charge in [0.25, 0.3) is 11.8 Å². The van der Waals surface area contributed by atoms with E-state index in [0.717, 1.165) is 11.1 Å². The molecular formula is C19H20Cl2N2O3. The molecule has 0 aliphatic carbocycles. The van der Waals surface area contributed by atoms with Crippen LogP contribution in [0.15, 0.2) is 36.4 Å². The lowest BCUT2D eigenvalue weighted by Gasteiger charge is -2.15. The van der Waals surface area contributed by atoms with E-state index in [1.807, 2.05) is 39.0 Å². The van der Waals surface area contributed by atoms with E-state index in [-0.39, 0.29) is 23.1 Å². The van der Waals surface area contributed by atoms with Crippen molar-refractivity contribution in [2.45, 2.75) is 26.7 Å². The van der Waals surface area contributed by atoms with Gasteiger partial charge in [0.05, 0.1) is 10.6 Å². The van der Waals surface area contributed by atoms with Crippen molar-refractivity contribution in [2.75, 3.05) is 6.61 Å². The number of hydrogen-bond acceptors (Lipinski definition) is 3. The second kappa shape index (κ2) is 8.92. The first-order chi connectivity index (χ1) is 12.3. The average molecular weight is 395 g/mol. The molecule has 2 rings (SSSR count). The molecule has 0 saturated heterocycles. The highest BCUT2D eigenvalue weighted by Crippen LogP contribution is 2.27. The Morgan fingerprint density at radius 2 is 1.81 bits per heavy atom. The number of carbonyl (C=O) groups excluding carboxylic acids is 2. The van der Waals surface area contributed by atoms with E-state index >= 15 is 0 Å². The van der Waals surface area contributed by atoms with Gasteiger partial charge in [-0.3, -0.25) is 20.4 Å². The smallest absolute Gasteiger partial charge is 0.276 e. The Labute approximate surface area is 162 Å². The summed E-state index contributed by atoms with van der Waals surface area (Å²) in [4.78, 5) is 24.0. The zero-order valence-corrected chi connectivity index (χ0v) is 16.2. The summed E-state index contributed by atoms with van der Waals surface area (Å²) in [6.07, 6.45) is 0. The molecule has 0 atom stereocenters. The van der Waals surface area contributed by atoms with Crippen molar-refractivity contribution in [1.82, 2.24) is 10.9 Å². The van der Waals surface area contributed by atoms with Crippen LogP contribution in [-0.2, 0) is 4.79 Å². The topological polar surface area (TPSA) is 67.4 Å². The summed E-state index contributed by atoms with van der Waals surface area (Å²) in [6.45, 7) is 5.82. The summed E-state index contributed by atoms with van der Waals surface area (Å²) >= 11 is 11.8. The Morgan fingerprint density at radius 1 is 1.08 bits per heavy atom. The molecule has 0 aliphatic heterocycles. The third-order valence-electron chi connectivity index (χ3n) is 3.64. The molecule has 2 N–H and O–H groups in total. The number of halogens is 2. The van der Waals surface area contributed by atoms with Gasteiger partial charge in [-0.25, -0.2) is 0 Å². The molecule has 0 saturated carbocycles. The van der Waals surface area contributed by atoms with Crippen molar-refractivity contribution in [2.24, 2.45) is 0 Å². The number of carbonyl (C=O) groups is 2. The number of ether oxygens (including phenoxy) is 1. The fourth-order valence-electron chi connectivity index (χ4n) is 2.29. The van der Waals surface area contributed by atoms with Gasteiger partial charge in [-0.2, -0.15) is 0 Å². The molecule has 0 unspecified atom stereocenters. The number of hydrogen-bond donors (Lipinski definition) is 2. The van der Waals surface area contributed by atoms with Gasteiger partial charge in [0.1, 0.15) is 5.75 Å². The second-order valence-corrected chi connectivity index (χ2v) is 6.95. The molecule has 5 nitrogen and oxygen atoms in total. The van der Waals surface area contributed by atoms with E-state index in [1.54, 1.807) is 6.07 Å². The molecule has 0 aromatic heterocycles. The van der Waals surface area contributed by atoms with Gasteiger partial charge in [-0.15, -0.1) is 0 Å². The Morgan fingerprint density at radius 3 is 2.50 bits per heavy atom. The van der Waals surface area contributed by atoms with Gasteiger partial charge in [0.2, 0.25) is 0 Å². The quantitative estimate of drug-likeness (QED) is 0.744. The minimum atomic E-state index is -0.565. The summed E-state index contributed by atoms with van der Waals surface area (Å²) in [5.41, 5.74) is 6.80. The van der Waals surface area contributed by atoms with Crippen LogP contribution in [0, 0.1) is 6.92 Å². The predicted octanol–water partition coefficient (Wildman–Crippen LogP) is 4.27. The van der Waals surface area contributed by atoms with Crippen molar-refractivity contribution >= 4 is 35.0 Å². The standard InChI is InChI=1S/C19H20Cl2N2O3/c1-11(2)14-6-4-12(3)8-17(14)26-10-18(24)22-23-19(25)15-9-13(20)5-7-16(15)21/h4-9,11H,10H2,1-3H3,(H,22,24)(H,23,25). The van der Waals surface area contributed by atoms with Gasteiger partial charge < -0.3 is 4.74 Å². The first kappa shape index (κ1) is 20.1. The van der Waals surface area contributed by atoms with E-state index < -0.39 is 11.8 Å². The van der Waals surface area contributed by atoms with Crippen molar-refractivity contribution in [3.63, 3.8) is 0 Å². The molecule has 7 heteroatoms. The summed E-state index contributed by atoms with van der Waals surface area (Å²) < 4.78 is 5.61. The van der Waals surface area contributed by atoms with Crippen LogP contribution in [0.25, 0.3) is 0 Å². The normalized spacial score (nSPS) is 10.5. The van der Waals surface area contributed by atoms with E-state index in [2.05, 4.69) is 10.9 Å². The van der Waals surface area contributed by atoms with E-state index in [4.69, 9.17) is 27.9 Å². The maximum Gasteiger partial charge on any atom is 0.276 e. The van der Waals surface area contributed by atoms with Gasteiger partial charge in [-0.05, 0) is 48.2 Å². The Balaban J connectivity index is 1.93. The van der Waals surface area contributed by atoms with Crippen molar-refractivity contribution in [3.05, 3.63) is 63.1 Å². The zero-order chi connectivity index (χ0) is 19.3. The Hall–Kier alpha value is -2.24. The molecule has 138 valence electrons. The number of amides is 2. The molecule has 0 heterocycles. The summed E-state index contributed by atoms with van der Waals surface area (Å²) in [7, 11) is 0. The van der Waals surface area contributed by atoms with Gasteiger partial charge >= 0.3 is 0 Å². The van der Waals surface area contributed by atoms with E-state index in [9.17, 15) is 9.59 Å². The van der Waals surface area contributed by atoms with Crippen LogP contribution in [0.3, 0.4) is 0 Å². The SMILES string of the molecule is Cc1ccc(C(C)C)c(OCC(=O)NNC(=O)c2cc(Cl)ccc2Cl)c1. The lowest BCUT2D eigenvalue weighted by Crippen LogP contribution is -2.44. The molecule has 0 bridgehead atoms. The van der Waals surface area contributed by atoms with Crippen LogP contribution in [0.2, 0.25) is 10.0 Å². The number of nitrogens with one attached hydrogen (secondary N) is 2. The van der Waals surface area contributed by atoms with Gasteiger partial charge in [0.15, 0.2) is 6.61 Å². The monoisotopic (exact) mass is 394 g/mol. The highest BCUT2D eigenvalue weighted by molar-refractivity contribution is 6.35. The number of aryl methyl sites for hydroxylation is 1. The predicted molar refractivity (Wildman–Crippen MR) is 103 cm³/mol. The Bertz CT molecular complexity index is 822. The minimum absolute atomic E-state index is 0.168. The van der Waals surface area contributed by atoms with Crippen LogP contribution in [0.4, 0.5) is 0 Å². The average Bonchev–Trinajstić information content (AvgIpc) is 2.59. The molecule has 2 aromatic rings. The number of hydrazine groups is 1. The lowest BCUT2D eigenvalue weighted by molar-refractivity contribution is -0.123. The third-order valence-corrected chi connectivity index (χ3v) is 4.20. The summed E-state index contributed by atoms with van der Waals surface area (Å²) in [6, 6.07) is 10.4. The van der Waals surface area contributed by atoms with Crippen LogP contribution >= 0.6 is 23.2 Å². The zero-order valence-electron chi connectivity index (χ0n) is 14.7. The lowest BCUT2D eigenvalue weighted by atomic mass is 10.0. The molecule has 0 aliphatic rings. The third kappa shape index (κ3) is 5.38. The molecule has 0 fully saturated rings. The molecule has 0 spiro atoms. The second-order valence-electron chi connectivity index (χ2n) is 6.11. The first-order valence-corrected chi connectivity index (χ1v) is 8.81. The number of rotatable bonds is 5. The molecule has 2 aromatic carbocycles. The van der Waals surface area contributed by atoms with Crippen LogP contribution in [0.1, 0.15) is 41.3 Å². The molecule has 0 radical (unpaired) electrons. The maximum absolute atomic E-state index is 12.1. The van der Waals surface area contributed by atoms with Crippen molar-refractivity contribution in [3.8, 4) is 5.75 Å². The van der Waals surface area contributed by atoms with Crippen LogP contribution < -0.4 is 15.6 Å². The van der Waals surface area contributed by atoms with Crippen LogP contribution in [-0.4, -0.2) is 18.4 Å². The van der Waals surface area contributed by atoms with E-state index in [1.165, 1.54) is 12.1 Å². The van der Waals surface area contributed by atoms with Crippen LogP contribution in [0.5, 0.6) is 5.75 Å². The van der Waals surface area contributed by atoms with Crippen molar-refractivity contribution < 1.29 is 14.3 Å². The maximum atomic E-state index is 12.1. The highest BCUT2D eigenvalue weighted by Gasteiger charge is 2.13. The largest absolute Gasteiger partial charge is 0.483 e. The fourth-order valence-corrected chi connectivity index (χ4v) is 2.66.